The Bertz CT molecular complexity index is 767. The molecular formula is C17H23ClN6O3S. The number of aromatic nitrogens is 1. The van der Waals surface area contributed by atoms with Crippen LogP contribution in [-0.4, -0.2) is 91.6 Å². The second-order valence-corrected chi connectivity index (χ2v) is 7.86. The van der Waals surface area contributed by atoms with E-state index in [1.807, 2.05) is 16.8 Å². The van der Waals surface area contributed by atoms with Crippen molar-refractivity contribution < 1.29 is 14.3 Å². The van der Waals surface area contributed by atoms with Crippen molar-refractivity contribution in [1.82, 2.24) is 19.5 Å². The maximum atomic E-state index is 13.1. The summed E-state index contributed by atoms with van der Waals surface area (Å²) in [7, 11) is 1.91. The maximum absolute atomic E-state index is 13.1. The topological polar surface area (TPSA) is 102 Å². The fourth-order valence-corrected chi connectivity index (χ4v) is 4.35. The van der Waals surface area contributed by atoms with Gasteiger partial charge in [0.05, 0.1) is 13.2 Å². The highest BCUT2D eigenvalue weighted by atomic mass is 35.5. The number of hydrogen-bond acceptors (Lipinski definition) is 8. The van der Waals surface area contributed by atoms with Gasteiger partial charge in [-0.25, -0.2) is 0 Å². The predicted molar refractivity (Wildman–Crippen MR) is 105 cm³/mol. The van der Waals surface area contributed by atoms with Crippen molar-refractivity contribution in [2.24, 2.45) is 0 Å². The average molecular weight is 427 g/mol. The van der Waals surface area contributed by atoms with Gasteiger partial charge in [0.25, 0.3) is 0 Å². The van der Waals surface area contributed by atoms with Gasteiger partial charge >= 0.3 is 0 Å². The first kappa shape index (κ1) is 20.8. The summed E-state index contributed by atoms with van der Waals surface area (Å²) >= 11 is 7.16. The molecule has 2 aliphatic heterocycles. The number of carbonyl (C=O) groups is 2. The number of morpholine rings is 1. The molecule has 0 bridgehead atoms. The number of hydrogen-bond donors (Lipinski definition) is 1. The number of ether oxygens (including phenoxy) is 1. The highest BCUT2D eigenvalue weighted by Crippen LogP contribution is 2.31. The van der Waals surface area contributed by atoms with Crippen LogP contribution in [0, 0.1) is 11.3 Å². The lowest BCUT2D eigenvalue weighted by atomic mass is 10.2. The smallest absolute Gasteiger partial charge is 0.242 e. The van der Waals surface area contributed by atoms with Gasteiger partial charge in [-0.3, -0.25) is 14.5 Å². The molecule has 28 heavy (non-hydrogen) atoms. The van der Waals surface area contributed by atoms with Gasteiger partial charge in [0.1, 0.15) is 22.7 Å². The third-order valence-electron chi connectivity index (χ3n) is 4.98. The predicted octanol–water partition coefficient (Wildman–Crippen LogP) is 0.154. The number of anilines is 1. The van der Waals surface area contributed by atoms with E-state index in [1.165, 1.54) is 0 Å². The summed E-state index contributed by atoms with van der Waals surface area (Å²) in [6.45, 7) is 3.92. The lowest BCUT2D eigenvalue weighted by Gasteiger charge is -2.36. The van der Waals surface area contributed by atoms with Crippen LogP contribution >= 0.6 is 23.1 Å². The van der Waals surface area contributed by atoms with Crippen LogP contribution in [0.5, 0.6) is 0 Å². The van der Waals surface area contributed by atoms with Gasteiger partial charge in [-0.15, -0.1) is 0 Å². The SMILES string of the molecule is CN1CCOCC1C(=O)N1CCC(=O)NCCN(c2snc(Cl)c2C#N)CC1. The Kier molecular flexibility index (Phi) is 7.07. The molecule has 0 spiro atoms. The molecule has 1 unspecified atom stereocenters. The van der Waals surface area contributed by atoms with Crippen LogP contribution < -0.4 is 10.2 Å². The van der Waals surface area contributed by atoms with Gasteiger partial charge < -0.3 is 19.9 Å². The second-order valence-electron chi connectivity index (χ2n) is 6.75. The Hall–Kier alpha value is -1.93. The van der Waals surface area contributed by atoms with E-state index in [1.54, 1.807) is 4.90 Å². The molecule has 9 nitrogen and oxygen atoms in total. The molecule has 3 rings (SSSR count). The summed E-state index contributed by atoms with van der Waals surface area (Å²) in [5.74, 6) is -0.144. The Morgan fingerprint density at radius 1 is 1.36 bits per heavy atom. The molecule has 152 valence electrons. The average Bonchev–Trinajstić information content (AvgIpc) is 3.06. The van der Waals surface area contributed by atoms with Crippen molar-refractivity contribution in [3.05, 3.63) is 10.7 Å². The molecule has 0 aliphatic carbocycles. The fourth-order valence-electron chi connectivity index (χ4n) is 3.27. The summed E-state index contributed by atoms with van der Waals surface area (Å²) in [5.41, 5.74) is 0.327. The minimum atomic E-state index is -0.347. The van der Waals surface area contributed by atoms with E-state index in [9.17, 15) is 14.9 Å². The van der Waals surface area contributed by atoms with Crippen LogP contribution in [0.15, 0.2) is 0 Å². The first-order valence-corrected chi connectivity index (χ1v) is 10.3. The standard InChI is InChI=1S/C17H23ClN6O3S/c1-22-8-9-27-11-13(22)16(26)23-4-2-14(25)20-3-5-24(7-6-23)17-12(10-19)15(18)21-28-17/h13H,2-9,11H2,1H3,(H,20,25). The first-order chi connectivity index (χ1) is 13.5. The second kappa shape index (κ2) is 9.52. The Labute approximate surface area is 172 Å². The van der Waals surface area contributed by atoms with Crippen LogP contribution in [0.4, 0.5) is 5.00 Å². The van der Waals surface area contributed by atoms with Crippen molar-refractivity contribution >= 4 is 39.9 Å². The minimum Gasteiger partial charge on any atom is -0.378 e. The number of nitrogens with one attached hydrogen (secondary N) is 1. The van der Waals surface area contributed by atoms with Gasteiger partial charge in [0.2, 0.25) is 11.8 Å². The summed E-state index contributed by atoms with van der Waals surface area (Å²) < 4.78 is 9.54. The number of carbonyl (C=O) groups excluding carboxylic acids is 2. The number of nitriles is 1. The normalized spacial score (nSPS) is 22.5. The molecule has 1 N–H and O–H groups in total. The molecule has 2 fully saturated rings. The van der Waals surface area contributed by atoms with Gasteiger partial charge in [-0.05, 0) is 18.6 Å². The van der Waals surface area contributed by atoms with E-state index in [-0.39, 0.29) is 29.4 Å². The lowest BCUT2D eigenvalue weighted by Crippen LogP contribution is -2.55. The largest absolute Gasteiger partial charge is 0.378 e. The van der Waals surface area contributed by atoms with E-state index >= 15 is 0 Å². The van der Waals surface area contributed by atoms with Crippen LogP contribution in [0.25, 0.3) is 0 Å². The maximum Gasteiger partial charge on any atom is 0.242 e. The number of halogens is 1. The third-order valence-corrected chi connectivity index (χ3v) is 6.26. The number of nitrogens with zero attached hydrogens (tertiary/aromatic N) is 5. The zero-order valence-electron chi connectivity index (χ0n) is 15.7. The Balaban J connectivity index is 1.77. The zero-order valence-corrected chi connectivity index (χ0v) is 17.3. The van der Waals surface area contributed by atoms with Gasteiger partial charge in [-0.1, -0.05) is 11.6 Å². The monoisotopic (exact) mass is 426 g/mol. The molecule has 1 aromatic rings. The van der Waals surface area contributed by atoms with Crippen molar-refractivity contribution in [1.29, 1.82) is 5.26 Å². The van der Waals surface area contributed by atoms with Crippen LogP contribution in [0.3, 0.4) is 0 Å². The molecule has 0 radical (unpaired) electrons. The molecule has 2 amide bonds. The van der Waals surface area contributed by atoms with E-state index in [0.29, 0.717) is 63.0 Å². The Morgan fingerprint density at radius 3 is 2.93 bits per heavy atom. The van der Waals surface area contributed by atoms with Crippen LogP contribution in [-0.2, 0) is 14.3 Å². The molecule has 1 atom stereocenters. The summed E-state index contributed by atoms with van der Waals surface area (Å²) in [4.78, 5) is 30.8. The molecule has 3 heterocycles. The molecule has 0 saturated carbocycles. The van der Waals surface area contributed by atoms with Crippen LogP contribution in [0.1, 0.15) is 12.0 Å². The van der Waals surface area contributed by atoms with Gasteiger partial charge in [-0.2, -0.15) is 9.64 Å². The molecule has 2 aliphatic rings. The number of likely N-dealkylation sites (N-methyl/N-ethyl adjacent to an activating group) is 1. The van der Waals surface area contributed by atoms with Crippen molar-refractivity contribution in [3.63, 3.8) is 0 Å². The van der Waals surface area contributed by atoms with Crippen molar-refractivity contribution in [2.45, 2.75) is 12.5 Å². The third kappa shape index (κ3) is 4.72. The number of rotatable bonds is 2. The van der Waals surface area contributed by atoms with Gasteiger partial charge in [0.15, 0.2) is 5.15 Å². The molecular weight excluding hydrogens is 404 g/mol. The summed E-state index contributed by atoms with van der Waals surface area (Å²) in [5, 5.41) is 13.1. The quantitative estimate of drug-likeness (QED) is 0.718. The lowest BCUT2D eigenvalue weighted by molar-refractivity contribution is -0.142. The minimum absolute atomic E-state index is 0.0432. The molecule has 1 aromatic heterocycles. The summed E-state index contributed by atoms with van der Waals surface area (Å²) in [6, 6.07) is 1.74. The van der Waals surface area contributed by atoms with Crippen LogP contribution in [0.2, 0.25) is 5.15 Å². The van der Waals surface area contributed by atoms with E-state index in [4.69, 9.17) is 16.3 Å². The summed E-state index contributed by atoms with van der Waals surface area (Å²) in [6.07, 6.45) is 0.263. The van der Waals surface area contributed by atoms with Crippen molar-refractivity contribution in [3.8, 4) is 6.07 Å². The van der Waals surface area contributed by atoms with E-state index in [0.717, 1.165) is 11.5 Å². The number of amides is 2. The zero-order chi connectivity index (χ0) is 20.1. The van der Waals surface area contributed by atoms with E-state index < -0.39 is 0 Å². The van der Waals surface area contributed by atoms with E-state index in [2.05, 4.69) is 15.8 Å². The highest BCUT2D eigenvalue weighted by Gasteiger charge is 2.31. The van der Waals surface area contributed by atoms with Crippen molar-refractivity contribution in [2.75, 3.05) is 64.4 Å². The molecule has 11 heteroatoms. The molecule has 2 saturated heterocycles. The highest BCUT2D eigenvalue weighted by molar-refractivity contribution is 7.10. The fraction of sp³-hybridized carbons (Fsp3) is 0.647. The first-order valence-electron chi connectivity index (χ1n) is 9.15. The van der Waals surface area contributed by atoms with Gasteiger partial charge in [0, 0.05) is 45.7 Å². The molecule has 0 aromatic carbocycles. The Morgan fingerprint density at radius 2 is 2.18 bits per heavy atom.